The SMILES string of the molecule is Nc1cc(C(=O)Nc2cccc(F)c2)c(Br)cc1F. The predicted octanol–water partition coefficient (Wildman–Crippen LogP) is 3.56. The minimum atomic E-state index is -0.616. The molecule has 3 N–H and O–H groups in total. The summed E-state index contributed by atoms with van der Waals surface area (Å²) in [5.41, 5.74) is 5.75. The smallest absolute Gasteiger partial charge is 0.256 e. The van der Waals surface area contributed by atoms with Gasteiger partial charge in [0.15, 0.2) is 0 Å². The first-order valence-electron chi connectivity index (χ1n) is 5.29. The van der Waals surface area contributed by atoms with Crippen molar-refractivity contribution in [1.29, 1.82) is 0 Å². The number of nitrogens with two attached hydrogens (primary N) is 1. The van der Waals surface area contributed by atoms with Gasteiger partial charge in [0, 0.05) is 10.2 Å². The lowest BCUT2D eigenvalue weighted by molar-refractivity contribution is 0.102. The number of benzene rings is 2. The van der Waals surface area contributed by atoms with E-state index in [1.165, 1.54) is 24.3 Å². The molecule has 0 fully saturated rings. The number of hydrogen-bond acceptors (Lipinski definition) is 2. The summed E-state index contributed by atoms with van der Waals surface area (Å²) < 4.78 is 26.4. The third-order valence-electron chi connectivity index (χ3n) is 2.41. The standard InChI is InChI=1S/C13H9BrF2N2O/c14-10-6-11(16)12(17)5-9(10)13(19)18-8-3-1-2-7(15)4-8/h1-6H,17H2,(H,18,19). The first-order chi connectivity index (χ1) is 8.97. The highest BCUT2D eigenvalue weighted by Crippen LogP contribution is 2.24. The molecule has 0 saturated carbocycles. The van der Waals surface area contributed by atoms with E-state index in [4.69, 9.17) is 5.73 Å². The molecule has 0 saturated heterocycles. The third-order valence-corrected chi connectivity index (χ3v) is 3.07. The highest BCUT2D eigenvalue weighted by Gasteiger charge is 2.13. The van der Waals surface area contributed by atoms with Gasteiger partial charge in [-0.05, 0) is 46.3 Å². The van der Waals surface area contributed by atoms with Crippen LogP contribution in [0, 0.1) is 11.6 Å². The van der Waals surface area contributed by atoms with Crippen molar-refractivity contribution in [2.24, 2.45) is 0 Å². The zero-order valence-corrected chi connectivity index (χ0v) is 11.2. The van der Waals surface area contributed by atoms with Crippen LogP contribution in [-0.2, 0) is 0 Å². The quantitative estimate of drug-likeness (QED) is 0.829. The lowest BCUT2D eigenvalue weighted by Gasteiger charge is -2.08. The molecule has 0 aliphatic rings. The van der Waals surface area contributed by atoms with Crippen LogP contribution in [0.5, 0.6) is 0 Å². The van der Waals surface area contributed by atoms with Crippen LogP contribution in [0.2, 0.25) is 0 Å². The molecule has 98 valence electrons. The molecule has 0 aliphatic carbocycles. The fourth-order valence-corrected chi connectivity index (χ4v) is 2.00. The number of nitrogens with one attached hydrogen (secondary N) is 1. The Morgan fingerprint density at radius 1 is 1.21 bits per heavy atom. The van der Waals surface area contributed by atoms with Crippen molar-refractivity contribution in [3.8, 4) is 0 Å². The Morgan fingerprint density at radius 3 is 2.63 bits per heavy atom. The van der Waals surface area contributed by atoms with Crippen LogP contribution in [0.15, 0.2) is 40.9 Å². The molecule has 0 spiro atoms. The topological polar surface area (TPSA) is 55.1 Å². The van der Waals surface area contributed by atoms with Crippen LogP contribution in [0.1, 0.15) is 10.4 Å². The van der Waals surface area contributed by atoms with E-state index >= 15 is 0 Å². The molecular weight excluding hydrogens is 318 g/mol. The molecule has 2 aromatic rings. The Hall–Kier alpha value is -1.95. The van der Waals surface area contributed by atoms with Crippen LogP contribution < -0.4 is 11.1 Å². The fourth-order valence-electron chi connectivity index (χ4n) is 1.50. The average Bonchev–Trinajstić information content (AvgIpc) is 2.33. The normalized spacial score (nSPS) is 10.3. The summed E-state index contributed by atoms with van der Waals surface area (Å²) in [5, 5.41) is 2.50. The number of anilines is 2. The Morgan fingerprint density at radius 2 is 1.95 bits per heavy atom. The molecule has 0 heterocycles. The Bertz CT molecular complexity index is 647. The van der Waals surface area contributed by atoms with Gasteiger partial charge in [0.1, 0.15) is 11.6 Å². The molecule has 6 heteroatoms. The summed E-state index contributed by atoms with van der Waals surface area (Å²) >= 11 is 3.08. The van der Waals surface area contributed by atoms with Gasteiger partial charge in [0.05, 0.1) is 11.3 Å². The number of rotatable bonds is 2. The van der Waals surface area contributed by atoms with E-state index in [1.54, 1.807) is 6.07 Å². The lowest BCUT2D eigenvalue weighted by Crippen LogP contribution is -2.13. The lowest BCUT2D eigenvalue weighted by atomic mass is 10.1. The number of carbonyl (C=O) groups excluding carboxylic acids is 1. The number of amides is 1. The number of hydrogen-bond donors (Lipinski definition) is 2. The molecule has 19 heavy (non-hydrogen) atoms. The minimum Gasteiger partial charge on any atom is -0.396 e. The molecule has 3 nitrogen and oxygen atoms in total. The molecule has 0 radical (unpaired) electrons. The second-order valence-corrected chi connectivity index (χ2v) is 4.67. The maximum absolute atomic E-state index is 13.2. The van der Waals surface area contributed by atoms with Crippen molar-refractivity contribution in [1.82, 2.24) is 0 Å². The van der Waals surface area contributed by atoms with Gasteiger partial charge in [0.25, 0.3) is 5.91 Å². The van der Waals surface area contributed by atoms with Crippen LogP contribution in [-0.4, -0.2) is 5.91 Å². The third kappa shape index (κ3) is 3.08. The first-order valence-corrected chi connectivity index (χ1v) is 6.08. The molecule has 1 amide bonds. The van der Waals surface area contributed by atoms with E-state index in [2.05, 4.69) is 21.2 Å². The maximum atomic E-state index is 13.2. The van der Waals surface area contributed by atoms with Gasteiger partial charge in [-0.3, -0.25) is 4.79 Å². The van der Waals surface area contributed by atoms with Gasteiger partial charge in [-0.15, -0.1) is 0 Å². The summed E-state index contributed by atoms with van der Waals surface area (Å²) in [6.07, 6.45) is 0. The van der Waals surface area contributed by atoms with Crippen LogP contribution in [0.25, 0.3) is 0 Å². The first kappa shape index (κ1) is 13.5. The molecule has 0 atom stereocenters. The molecule has 0 aromatic heterocycles. The van der Waals surface area contributed by atoms with E-state index in [-0.39, 0.29) is 15.7 Å². The predicted molar refractivity (Wildman–Crippen MR) is 72.9 cm³/mol. The zero-order valence-electron chi connectivity index (χ0n) is 9.58. The van der Waals surface area contributed by atoms with Crippen LogP contribution in [0.4, 0.5) is 20.2 Å². The van der Waals surface area contributed by atoms with Crippen LogP contribution >= 0.6 is 15.9 Å². The molecule has 0 aliphatic heterocycles. The van der Waals surface area contributed by atoms with E-state index in [0.717, 1.165) is 6.07 Å². The van der Waals surface area contributed by atoms with E-state index in [9.17, 15) is 13.6 Å². The minimum absolute atomic E-state index is 0.132. The second-order valence-electron chi connectivity index (χ2n) is 3.82. The highest BCUT2D eigenvalue weighted by atomic mass is 79.9. The molecule has 0 unspecified atom stereocenters. The van der Waals surface area contributed by atoms with Crippen molar-refractivity contribution in [3.05, 3.63) is 58.1 Å². The summed E-state index contributed by atoms with van der Waals surface area (Å²) in [5.74, 6) is -1.59. The van der Waals surface area contributed by atoms with E-state index in [1.807, 2.05) is 0 Å². The van der Waals surface area contributed by atoms with E-state index in [0.29, 0.717) is 5.69 Å². The zero-order chi connectivity index (χ0) is 14.0. The summed E-state index contributed by atoms with van der Waals surface area (Å²) in [4.78, 5) is 12.0. The summed E-state index contributed by atoms with van der Waals surface area (Å²) in [7, 11) is 0. The van der Waals surface area contributed by atoms with Crippen molar-refractivity contribution in [2.75, 3.05) is 11.1 Å². The summed E-state index contributed by atoms with van der Waals surface area (Å²) in [6.45, 7) is 0. The monoisotopic (exact) mass is 326 g/mol. The van der Waals surface area contributed by atoms with Gasteiger partial charge in [-0.1, -0.05) is 6.07 Å². The molecule has 2 rings (SSSR count). The van der Waals surface area contributed by atoms with Gasteiger partial charge in [0.2, 0.25) is 0 Å². The summed E-state index contributed by atoms with van der Waals surface area (Å²) in [6, 6.07) is 7.78. The number of nitrogen functional groups attached to an aromatic ring is 1. The number of carbonyl (C=O) groups is 1. The van der Waals surface area contributed by atoms with Crippen molar-refractivity contribution in [3.63, 3.8) is 0 Å². The Kier molecular flexibility index (Phi) is 3.80. The van der Waals surface area contributed by atoms with Crippen LogP contribution in [0.3, 0.4) is 0 Å². The molecule has 0 bridgehead atoms. The molecular formula is C13H9BrF2N2O. The molecule has 2 aromatic carbocycles. The maximum Gasteiger partial charge on any atom is 0.256 e. The second kappa shape index (κ2) is 5.36. The average molecular weight is 327 g/mol. The van der Waals surface area contributed by atoms with Crippen molar-refractivity contribution >= 4 is 33.2 Å². The van der Waals surface area contributed by atoms with E-state index < -0.39 is 17.5 Å². The Labute approximate surface area is 116 Å². The van der Waals surface area contributed by atoms with Gasteiger partial charge < -0.3 is 11.1 Å². The Balaban J connectivity index is 2.28. The largest absolute Gasteiger partial charge is 0.396 e. The van der Waals surface area contributed by atoms with Gasteiger partial charge >= 0.3 is 0 Å². The fraction of sp³-hybridized carbons (Fsp3) is 0. The van der Waals surface area contributed by atoms with Crippen molar-refractivity contribution in [2.45, 2.75) is 0 Å². The van der Waals surface area contributed by atoms with Crippen molar-refractivity contribution < 1.29 is 13.6 Å². The van der Waals surface area contributed by atoms with Gasteiger partial charge in [-0.2, -0.15) is 0 Å². The highest BCUT2D eigenvalue weighted by molar-refractivity contribution is 9.10. The van der Waals surface area contributed by atoms with Gasteiger partial charge in [-0.25, -0.2) is 8.78 Å². The number of halogens is 3.